The highest BCUT2D eigenvalue weighted by Crippen LogP contribution is 2.36. The van der Waals surface area contributed by atoms with Gasteiger partial charge in [-0.15, -0.1) is 0 Å². The fourth-order valence-electron chi connectivity index (χ4n) is 3.14. The standard InChI is InChI=1S/C23H25N3O4S/c1-5-26-22(28)19(31-23(26)25-21-14(2)7-6-8-15(21)3)12-16-9-10-17(18(11-16)29-4)30-13-20(24)27/h6-12H,5,13H2,1-4H3,(H2,24,27)/b19-12+,25-23?. The first-order chi connectivity index (χ1) is 14.8. The molecular weight excluding hydrogens is 414 g/mol. The first-order valence-electron chi connectivity index (χ1n) is 9.79. The largest absolute Gasteiger partial charge is 0.493 e. The fraction of sp³-hybridized carbons (Fsp3) is 0.261. The smallest absolute Gasteiger partial charge is 0.266 e. The highest BCUT2D eigenvalue weighted by atomic mass is 32.2. The molecule has 2 aromatic rings. The Morgan fingerprint density at radius 1 is 1.19 bits per heavy atom. The van der Waals surface area contributed by atoms with Gasteiger partial charge in [-0.3, -0.25) is 14.5 Å². The van der Waals surface area contributed by atoms with Crippen LogP contribution in [0.4, 0.5) is 5.69 Å². The number of primary amides is 1. The van der Waals surface area contributed by atoms with Gasteiger partial charge in [-0.1, -0.05) is 24.3 Å². The topological polar surface area (TPSA) is 94.2 Å². The van der Waals surface area contributed by atoms with Crippen LogP contribution in [0, 0.1) is 13.8 Å². The fourth-order valence-corrected chi connectivity index (χ4v) is 4.19. The summed E-state index contributed by atoms with van der Waals surface area (Å²) in [6.07, 6.45) is 1.79. The number of nitrogens with zero attached hydrogens (tertiary/aromatic N) is 2. The Kier molecular flexibility index (Phi) is 7.02. The molecule has 1 aliphatic rings. The number of methoxy groups -OCH3 is 1. The van der Waals surface area contributed by atoms with Crippen molar-refractivity contribution in [2.24, 2.45) is 10.7 Å². The Hall–Kier alpha value is -3.26. The number of carbonyl (C=O) groups is 2. The van der Waals surface area contributed by atoms with Crippen LogP contribution in [0.1, 0.15) is 23.6 Å². The Labute approximate surface area is 185 Å². The summed E-state index contributed by atoms with van der Waals surface area (Å²) in [6, 6.07) is 11.2. The predicted molar refractivity (Wildman–Crippen MR) is 124 cm³/mol. The van der Waals surface area contributed by atoms with E-state index in [9.17, 15) is 9.59 Å². The van der Waals surface area contributed by atoms with Gasteiger partial charge in [0.25, 0.3) is 11.8 Å². The molecule has 0 atom stereocenters. The number of rotatable bonds is 7. The molecule has 1 heterocycles. The number of ether oxygens (including phenoxy) is 2. The number of carbonyl (C=O) groups excluding carboxylic acids is 2. The van der Waals surface area contributed by atoms with Gasteiger partial charge in [0.1, 0.15) is 0 Å². The van der Waals surface area contributed by atoms with E-state index in [1.54, 1.807) is 29.2 Å². The van der Waals surface area contributed by atoms with Crippen LogP contribution >= 0.6 is 11.8 Å². The molecule has 1 saturated heterocycles. The van der Waals surface area contributed by atoms with Crippen LogP contribution in [0.25, 0.3) is 6.08 Å². The lowest BCUT2D eigenvalue weighted by Gasteiger charge is -2.13. The van der Waals surface area contributed by atoms with Crippen molar-refractivity contribution in [1.29, 1.82) is 0 Å². The van der Waals surface area contributed by atoms with Gasteiger partial charge in [0.15, 0.2) is 23.3 Å². The van der Waals surface area contributed by atoms with Gasteiger partial charge in [-0.05, 0) is 67.4 Å². The van der Waals surface area contributed by atoms with Crippen molar-refractivity contribution in [1.82, 2.24) is 4.90 Å². The van der Waals surface area contributed by atoms with E-state index in [0.29, 0.717) is 28.1 Å². The van der Waals surface area contributed by atoms with Gasteiger partial charge in [-0.2, -0.15) is 0 Å². The molecule has 0 radical (unpaired) electrons. The molecule has 1 aliphatic heterocycles. The zero-order chi connectivity index (χ0) is 22.5. The number of para-hydroxylation sites is 1. The Bertz CT molecular complexity index is 1060. The molecule has 0 bridgehead atoms. The molecule has 2 amide bonds. The number of hydrogen-bond acceptors (Lipinski definition) is 6. The monoisotopic (exact) mass is 439 g/mol. The van der Waals surface area contributed by atoms with Crippen LogP contribution < -0.4 is 15.2 Å². The van der Waals surface area contributed by atoms with Crippen LogP contribution in [-0.4, -0.2) is 42.1 Å². The van der Waals surface area contributed by atoms with Gasteiger partial charge in [-0.25, -0.2) is 4.99 Å². The van der Waals surface area contributed by atoms with Crippen molar-refractivity contribution < 1.29 is 19.1 Å². The van der Waals surface area contributed by atoms with Crippen LogP contribution in [0.5, 0.6) is 11.5 Å². The van der Waals surface area contributed by atoms with E-state index in [-0.39, 0.29) is 12.5 Å². The molecule has 3 rings (SSSR count). The number of aryl methyl sites for hydroxylation is 2. The zero-order valence-corrected chi connectivity index (χ0v) is 18.8. The highest BCUT2D eigenvalue weighted by molar-refractivity contribution is 8.18. The number of benzene rings is 2. The molecule has 8 heteroatoms. The van der Waals surface area contributed by atoms with Crippen LogP contribution in [0.15, 0.2) is 46.3 Å². The summed E-state index contributed by atoms with van der Waals surface area (Å²) in [5, 5.41) is 0.657. The van der Waals surface area contributed by atoms with E-state index in [2.05, 4.69) is 0 Å². The van der Waals surface area contributed by atoms with E-state index in [0.717, 1.165) is 22.4 Å². The summed E-state index contributed by atoms with van der Waals surface area (Å²) in [5.74, 6) is 0.186. The van der Waals surface area contributed by atoms with Gasteiger partial charge < -0.3 is 15.2 Å². The van der Waals surface area contributed by atoms with Crippen molar-refractivity contribution in [3.63, 3.8) is 0 Å². The van der Waals surface area contributed by atoms with Crippen LogP contribution in [-0.2, 0) is 9.59 Å². The molecule has 0 unspecified atom stereocenters. The minimum Gasteiger partial charge on any atom is -0.493 e. The second-order valence-electron chi connectivity index (χ2n) is 6.96. The molecule has 0 saturated carbocycles. The van der Waals surface area contributed by atoms with Crippen molar-refractivity contribution in [2.75, 3.05) is 20.3 Å². The van der Waals surface area contributed by atoms with E-state index >= 15 is 0 Å². The number of amides is 2. The maximum Gasteiger partial charge on any atom is 0.266 e. The maximum atomic E-state index is 13.0. The summed E-state index contributed by atoms with van der Waals surface area (Å²) in [7, 11) is 1.51. The van der Waals surface area contributed by atoms with Crippen molar-refractivity contribution in [3.8, 4) is 11.5 Å². The summed E-state index contributed by atoms with van der Waals surface area (Å²) in [6.45, 7) is 6.23. The number of thioether (sulfide) groups is 1. The maximum absolute atomic E-state index is 13.0. The molecule has 31 heavy (non-hydrogen) atoms. The summed E-state index contributed by atoms with van der Waals surface area (Å²) >= 11 is 1.34. The molecule has 0 aliphatic carbocycles. The van der Waals surface area contributed by atoms with Gasteiger partial charge in [0, 0.05) is 6.54 Å². The second-order valence-corrected chi connectivity index (χ2v) is 7.97. The first-order valence-corrected chi connectivity index (χ1v) is 10.6. The number of amidine groups is 1. The molecule has 7 nitrogen and oxygen atoms in total. The average molecular weight is 440 g/mol. The van der Waals surface area contributed by atoms with Crippen molar-refractivity contribution in [3.05, 3.63) is 58.0 Å². The summed E-state index contributed by atoms with van der Waals surface area (Å²) in [4.78, 5) is 31.0. The Morgan fingerprint density at radius 2 is 1.90 bits per heavy atom. The number of likely N-dealkylation sites (N-methyl/N-ethyl adjacent to an activating group) is 1. The zero-order valence-electron chi connectivity index (χ0n) is 18.0. The molecular formula is C23H25N3O4S. The molecule has 2 N–H and O–H groups in total. The molecule has 0 spiro atoms. The lowest BCUT2D eigenvalue weighted by Crippen LogP contribution is -2.28. The van der Waals surface area contributed by atoms with Gasteiger partial charge in [0.2, 0.25) is 0 Å². The Balaban J connectivity index is 1.92. The minimum absolute atomic E-state index is 0.0921. The van der Waals surface area contributed by atoms with Gasteiger partial charge >= 0.3 is 0 Å². The van der Waals surface area contributed by atoms with Gasteiger partial charge in [0.05, 0.1) is 17.7 Å². The number of hydrogen-bond donors (Lipinski definition) is 1. The molecule has 2 aromatic carbocycles. The predicted octanol–water partition coefficient (Wildman–Crippen LogP) is 3.80. The first kappa shape index (κ1) is 22.4. The van der Waals surface area contributed by atoms with Crippen molar-refractivity contribution in [2.45, 2.75) is 20.8 Å². The van der Waals surface area contributed by atoms with Crippen LogP contribution in [0.3, 0.4) is 0 Å². The average Bonchev–Trinajstić information content (AvgIpc) is 3.03. The quantitative estimate of drug-likeness (QED) is 0.662. The summed E-state index contributed by atoms with van der Waals surface area (Å²) in [5.41, 5.74) is 8.90. The lowest BCUT2D eigenvalue weighted by atomic mass is 10.1. The van der Waals surface area contributed by atoms with Crippen molar-refractivity contribution >= 4 is 40.5 Å². The normalized spacial score (nSPS) is 16.3. The number of nitrogens with two attached hydrogens (primary N) is 1. The van der Waals surface area contributed by atoms with E-state index in [4.69, 9.17) is 20.2 Å². The third kappa shape index (κ3) is 5.08. The molecule has 1 fully saturated rings. The third-order valence-corrected chi connectivity index (χ3v) is 5.71. The second kappa shape index (κ2) is 9.70. The number of aliphatic imine (C=N–C) groups is 1. The summed E-state index contributed by atoms with van der Waals surface area (Å²) < 4.78 is 10.7. The minimum atomic E-state index is -0.573. The van der Waals surface area contributed by atoms with E-state index in [1.807, 2.05) is 39.0 Å². The third-order valence-electron chi connectivity index (χ3n) is 4.71. The lowest BCUT2D eigenvalue weighted by molar-refractivity contribution is -0.122. The van der Waals surface area contributed by atoms with E-state index < -0.39 is 5.91 Å². The van der Waals surface area contributed by atoms with Crippen LogP contribution in [0.2, 0.25) is 0 Å². The van der Waals surface area contributed by atoms with E-state index in [1.165, 1.54) is 18.9 Å². The molecule has 162 valence electrons. The molecule has 0 aromatic heterocycles. The highest BCUT2D eigenvalue weighted by Gasteiger charge is 2.32. The SMILES string of the molecule is CCN1C(=O)/C(=C\c2ccc(OCC(N)=O)c(OC)c2)SC1=Nc1c(C)cccc1C. The Morgan fingerprint density at radius 3 is 2.52 bits per heavy atom.